The number of halogens is 2. The zero-order chi connectivity index (χ0) is 22.0. The highest BCUT2D eigenvalue weighted by Gasteiger charge is 2.27. The van der Waals surface area contributed by atoms with Gasteiger partial charge in [-0.25, -0.2) is 8.42 Å². The molecule has 0 saturated heterocycles. The number of nitrogens with zero attached hydrogens (tertiary/aromatic N) is 1. The van der Waals surface area contributed by atoms with Crippen molar-refractivity contribution in [2.24, 2.45) is 0 Å². The first-order valence-corrected chi connectivity index (χ1v) is 12.2. The van der Waals surface area contributed by atoms with Crippen LogP contribution in [0.15, 0.2) is 92.6 Å². The number of amides is 1. The third kappa shape index (κ3) is 4.55. The second-order valence-electron chi connectivity index (χ2n) is 6.50. The monoisotopic (exact) mass is 491 g/mol. The lowest BCUT2D eigenvalue weighted by Gasteiger charge is -2.22. The lowest BCUT2D eigenvalue weighted by molar-refractivity contribution is 0.0953. The summed E-state index contributed by atoms with van der Waals surface area (Å²) in [5, 5.41) is 2.40. The maximum Gasteiger partial charge on any atom is 0.294 e. The summed E-state index contributed by atoms with van der Waals surface area (Å²) in [6.45, 7) is 0.264. The van der Waals surface area contributed by atoms with E-state index in [9.17, 15) is 13.2 Å². The second-order valence-corrected chi connectivity index (χ2v) is 10.3. The van der Waals surface area contributed by atoms with Gasteiger partial charge in [-0.15, -0.1) is 11.3 Å². The van der Waals surface area contributed by atoms with Gasteiger partial charge in [0.1, 0.15) is 0 Å². The molecular formula is C22H15Cl2NO4S2. The van der Waals surface area contributed by atoms with Crippen LogP contribution < -0.4 is 4.90 Å². The fourth-order valence-electron chi connectivity index (χ4n) is 2.94. The Labute approximate surface area is 193 Å². The summed E-state index contributed by atoms with van der Waals surface area (Å²) in [6, 6.07) is 19.1. The number of anilines is 1. The van der Waals surface area contributed by atoms with Gasteiger partial charge in [0.05, 0.1) is 22.2 Å². The number of sulfone groups is 1. The van der Waals surface area contributed by atoms with Gasteiger partial charge in [0.25, 0.3) is 5.91 Å². The molecule has 2 aromatic heterocycles. The minimum atomic E-state index is -3.94. The topological polar surface area (TPSA) is 67.6 Å². The van der Waals surface area contributed by atoms with E-state index in [1.165, 1.54) is 52.6 Å². The standard InChI is InChI=1S/C22H15Cl2NO4S2/c23-15-7-9-17(10-8-15)31(27,28)21-12-11-20(29-21)22(26)25(14-16-4-3-13-30-16)19-6-2-1-5-18(19)24/h1-13H,14H2. The molecule has 4 aromatic rings. The van der Waals surface area contributed by atoms with Gasteiger partial charge in [-0.05, 0) is 60.0 Å². The predicted octanol–water partition coefficient (Wildman–Crippen LogP) is 6.33. The Kier molecular flexibility index (Phi) is 6.20. The van der Waals surface area contributed by atoms with Gasteiger partial charge < -0.3 is 4.42 Å². The highest BCUT2D eigenvalue weighted by Crippen LogP contribution is 2.31. The third-order valence-electron chi connectivity index (χ3n) is 4.46. The number of hydrogen-bond donors (Lipinski definition) is 0. The van der Waals surface area contributed by atoms with Crippen molar-refractivity contribution in [2.75, 3.05) is 4.90 Å². The van der Waals surface area contributed by atoms with Crippen LogP contribution in [-0.4, -0.2) is 14.3 Å². The van der Waals surface area contributed by atoms with Crippen LogP contribution in [0, 0.1) is 0 Å². The van der Waals surface area contributed by atoms with Gasteiger partial charge in [-0.3, -0.25) is 9.69 Å². The van der Waals surface area contributed by atoms with E-state index < -0.39 is 15.7 Å². The average molecular weight is 492 g/mol. The van der Waals surface area contributed by atoms with Crippen LogP contribution in [0.5, 0.6) is 0 Å². The normalized spacial score (nSPS) is 11.4. The number of para-hydroxylation sites is 1. The number of furan rings is 1. The number of carbonyl (C=O) groups is 1. The molecule has 2 heterocycles. The second kappa shape index (κ2) is 8.88. The van der Waals surface area contributed by atoms with Crippen molar-refractivity contribution >= 4 is 56.0 Å². The highest BCUT2D eigenvalue weighted by molar-refractivity contribution is 7.91. The lowest BCUT2D eigenvalue weighted by Crippen LogP contribution is -2.30. The number of thiophene rings is 1. The SMILES string of the molecule is O=C(c1ccc(S(=O)(=O)c2ccc(Cl)cc2)o1)N(Cc1cccs1)c1ccccc1Cl. The first-order valence-electron chi connectivity index (χ1n) is 9.05. The number of benzene rings is 2. The summed E-state index contributed by atoms with van der Waals surface area (Å²) < 4.78 is 31.2. The largest absolute Gasteiger partial charge is 0.439 e. The maximum absolute atomic E-state index is 13.3. The van der Waals surface area contributed by atoms with Gasteiger partial charge >= 0.3 is 0 Å². The van der Waals surface area contributed by atoms with E-state index in [1.807, 2.05) is 17.5 Å². The fourth-order valence-corrected chi connectivity index (χ4v) is 5.17. The number of rotatable bonds is 6. The highest BCUT2D eigenvalue weighted by atomic mass is 35.5. The van der Waals surface area contributed by atoms with Crippen LogP contribution in [-0.2, 0) is 16.4 Å². The number of hydrogen-bond acceptors (Lipinski definition) is 5. The van der Waals surface area contributed by atoms with Gasteiger partial charge in [0.2, 0.25) is 14.9 Å². The molecule has 0 spiro atoms. The fraction of sp³-hybridized carbons (Fsp3) is 0.0455. The number of carbonyl (C=O) groups excluding carboxylic acids is 1. The molecule has 0 aliphatic rings. The average Bonchev–Trinajstić information content (AvgIpc) is 3.45. The van der Waals surface area contributed by atoms with E-state index in [4.69, 9.17) is 27.6 Å². The van der Waals surface area contributed by atoms with Gasteiger partial charge in [0.15, 0.2) is 5.76 Å². The maximum atomic E-state index is 13.3. The lowest BCUT2D eigenvalue weighted by atomic mass is 10.2. The molecule has 158 valence electrons. The van der Waals surface area contributed by atoms with E-state index in [-0.39, 0.29) is 22.3 Å². The van der Waals surface area contributed by atoms with E-state index in [0.29, 0.717) is 15.7 Å². The van der Waals surface area contributed by atoms with Crippen molar-refractivity contribution in [3.63, 3.8) is 0 Å². The summed E-state index contributed by atoms with van der Waals surface area (Å²) >= 11 is 13.7. The minimum absolute atomic E-state index is 0.0202. The van der Waals surface area contributed by atoms with Gasteiger partial charge in [-0.2, -0.15) is 0 Å². The van der Waals surface area contributed by atoms with E-state index >= 15 is 0 Å². The Hall–Kier alpha value is -2.58. The summed E-state index contributed by atoms with van der Waals surface area (Å²) in [7, 11) is -3.94. The van der Waals surface area contributed by atoms with Crippen LogP contribution in [0.25, 0.3) is 0 Å². The Bertz CT molecular complexity index is 1310. The molecule has 31 heavy (non-hydrogen) atoms. The molecule has 4 rings (SSSR count). The van der Waals surface area contributed by atoms with Crippen LogP contribution >= 0.6 is 34.5 Å². The zero-order valence-corrected chi connectivity index (χ0v) is 19.0. The summed E-state index contributed by atoms with van der Waals surface area (Å²) in [5.74, 6) is -0.608. The molecule has 0 saturated carbocycles. The zero-order valence-electron chi connectivity index (χ0n) is 15.9. The van der Waals surface area contributed by atoms with E-state index in [0.717, 1.165) is 4.88 Å². The van der Waals surface area contributed by atoms with Crippen molar-refractivity contribution in [1.29, 1.82) is 0 Å². The summed E-state index contributed by atoms with van der Waals surface area (Å²) in [5.41, 5.74) is 0.501. The third-order valence-corrected chi connectivity index (χ3v) is 7.54. The van der Waals surface area contributed by atoms with Crippen molar-refractivity contribution in [3.05, 3.63) is 98.9 Å². The molecule has 0 aliphatic carbocycles. The molecule has 0 fully saturated rings. The molecule has 0 bridgehead atoms. The van der Waals surface area contributed by atoms with Crippen LogP contribution in [0.2, 0.25) is 10.0 Å². The Morgan fingerprint density at radius 3 is 2.35 bits per heavy atom. The molecule has 0 aliphatic heterocycles. The quantitative estimate of drug-likeness (QED) is 0.316. The minimum Gasteiger partial charge on any atom is -0.439 e. The molecule has 0 atom stereocenters. The van der Waals surface area contributed by atoms with Crippen molar-refractivity contribution in [3.8, 4) is 0 Å². The van der Waals surface area contributed by atoms with Crippen molar-refractivity contribution in [2.45, 2.75) is 16.5 Å². The molecule has 2 aromatic carbocycles. The Morgan fingerprint density at radius 2 is 1.68 bits per heavy atom. The Balaban J connectivity index is 1.69. The first kappa shape index (κ1) is 21.6. The smallest absolute Gasteiger partial charge is 0.294 e. The molecular weight excluding hydrogens is 477 g/mol. The predicted molar refractivity (Wildman–Crippen MR) is 122 cm³/mol. The van der Waals surface area contributed by atoms with Crippen LogP contribution in [0.4, 0.5) is 5.69 Å². The summed E-state index contributed by atoms with van der Waals surface area (Å²) in [4.78, 5) is 15.7. The van der Waals surface area contributed by atoms with Crippen molar-refractivity contribution in [1.82, 2.24) is 0 Å². The van der Waals surface area contributed by atoms with Gasteiger partial charge in [0, 0.05) is 9.90 Å². The molecule has 0 N–H and O–H groups in total. The molecule has 0 unspecified atom stereocenters. The van der Waals surface area contributed by atoms with Crippen molar-refractivity contribution < 1.29 is 17.6 Å². The summed E-state index contributed by atoms with van der Waals surface area (Å²) in [6.07, 6.45) is 0. The van der Waals surface area contributed by atoms with Crippen LogP contribution in [0.1, 0.15) is 15.4 Å². The first-order chi connectivity index (χ1) is 14.9. The van der Waals surface area contributed by atoms with Gasteiger partial charge in [-0.1, -0.05) is 41.4 Å². The molecule has 0 radical (unpaired) electrons. The van der Waals surface area contributed by atoms with E-state index in [2.05, 4.69) is 0 Å². The molecule has 9 heteroatoms. The van der Waals surface area contributed by atoms with E-state index in [1.54, 1.807) is 24.3 Å². The molecule has 5 nitrogen and oxygen atoms in total. The van der Waals surface area contributed by atoms with Crippen LogP contribution in [0.3, 0.4) is 0 Å². The Morgan fingerprint density at radius 1 is 0.935 bits per heavy atom. The molecule has 1 amide bonds.